The molecule has 0 unspecified atom stereocenters. The predicted molar refractivity (Wildman–Crippen MR) is 51.0 cm³/mol. The van der Waals surface area contributed by atoms with E-state index in [1.54, 1.807) is 0 Å². The number of rotatable bonds is 0. The number of allylic oxidation sites excluding steroid dienone is 2. The summed E-state index contributed by atoms with van der Waals surface area (Å²) in [5.74, 6) is 0.969. The molecule has 0 aliphatic carbocycles. The molecule has 0 N–H and O–H groups in total. The fourth-order valence-corrected chi connectivity index (χ4v) is 1.63. The van der Waals surface area contributed by atoms with Crippen LogP contribution in [0.4, 0.5) is 0 Å². The van der Waals surface area contributed by atoms with E-state index < -0.39 is 0 Å². The van der Waals surface area contributed by atoms with Crippen molar-refractivity contribution in [2.45, 2.75) is 0 Å². The Balaban J connectivity index is 2.43. The van der Waals surface area contributed by atoms with Gasteiger partial charge in [-0.25, -0.2) is 0 Å². The van der Waals surface area contributed by atoms with Crippen LogP contribution in [0.15, 0.2) is 42.1 Å². The molecule has 0 saturated carbocycles. The summed E-state index contributed by atoms with van der Waals surface area (Å²) < 4.78 is 5.52. The molecule has 1 aromatic rings. The Bertz CT molecular complexity index is 328. The average Bonchev–Trinajstić information content (AvgIpc) is 2.06. The van der Waals surface area contributed by atoms with Crippen LogP contribution in [0.1, 0.15) is 5.56 Å². The highest BCUT2D eigenvalue weighted by atomic mass is 28.2. The molecule has 2 radical (unpaired) electrons. The van der Waals surface area contributed by atoms with E-state index in [-0.39, 0.29) is 0 Å². The van der Waals surface area contributed by atoms with E-state index in [1.807, 2.05) is 36.1 Å². The van der Waals surface area contributed by atoms with E-state index in [2.05, 4.69) is 12.1 Å². The molecule has 0 atom stereocenters. The minimum Gasteiger partial charge on any atom is -0.536 e. The van der Waals surface area contributed by atoms with Gasteiger partial charge in [0, 0.05) is 5.56 Å². The molecule has 1 heterocycles. The summed E-state index contributed by atoms with van der Waals surface area (Å²) >= 11 is 0. The van der Waals surface area contributed by atoms with Crippen LogP contribution in [0, 0.1) is 0 Å². The molecule has 0 bridgehead atoms. The van der Waals surface area contributed by atoms with E-state index in [1.165, 1.54) is 0 Å². The zero-order valence-electron chi connectivity index (χ0n) is 6.53. The molecule has 2 rings (SSSR count). The Morgan fingerprint density at radius 1 is 1.08 bits per heavy atom. The second-order valence-corrected chi connectivity index (χ2v) is 3.25. The van der Waals surface area contributed by atoms with E-state index in [9.17, 15) is 0 Å². The monoisotopic (exact) mass is 172 g/mol. The van der Waals surface area contributed by atoms with Gasteiger partial charge in [-0.2, -0.15) is 0 Å². The molecule has 0 saturated heterocycles. The third-order valence-electron chi connectivity index (χ3n) is 1.64. The van der Waals surface area contributed by atoms with Gasteiger partial charge in [-0.1, -0.05) is 42.1 Å². The lowest BCUT2D eigenvalue weighted by molar-refractivity contribution is 0.602. The lowest BCUT2D eigenvalue weighted by Crippen LogP contribution is -2.00. The number of hydrogen-bond donors (Lipinski definition) is 0. The van der Waals surface area contributed by atoms with Gasteiger partial charge in [0.05, 0.1) is 0 Å². The number of hydrogen-bond acceptors (Lipinski definition) is 1. The first-order valence-corrected chi connectivity index (χ1v) is 4.80. The van der Waals surface area contributed by atoms with Gasteiger partial charge >= 0.3 is 9.76 Å². The second-order valence-electron chi connectivity index (χ2n) is 2.48. The molecule has 1 aliphatic heterocycles. The second kappa shape index (κ2) is 3.41. The van der Waals surface area contributed by atoms with Crippen LogP contribution >= 0.6 is 0 Å². The van der Waals surface area contributed by atoms with Crippen LogP contribution in [0.25, 0.3) is 6.08 Å². The molecule has 0 spiro atoms. The van der Waals surface area contributed by atoms with Crippen molar-refractivity contribution in [1.82, 2.24) is 0 Å². The fourth-order valence-electron chi connectivity index (χ4n) is 1.06. The summed E-state index contributed by atoms with van der Waals surface area (Å²) in [6.45, 7) is 0. The Kier molecular flexibility index (Phi) is 2.09. The quantitative estimate of drug-likeness (QED) is 0.545. The molecular weight excluding hydrogens is 164 g/mol. The lowest BCUT2D eigenvalue weighted by atomic mass is 10.2. The summed E-state index contributed by atoms with van der Waals surface area (Å²) in [7, 11) is 0.426. The van der Waals surface area contributed by atoms with Crippen LogP contribution < -0.4 is 4.43 Å². The average molecular weight is 172 g/mol. The van der Waals surface area contributed by atoms with E-state index in [0.717, 1.165) is 11.3 Å². The van der Waals surface area contributed by atoms with Crippen molar-refractivity contribution in [1.29, 1.82) is 0 Å². The molecule has 1 aliphatic rings. The van der Waals surface area contributed by atoms with E-state index in [0.29, 0.717) is 9.76 Å². The van der Waals surface area contributed by atoms with Gasteiger partial charge < -0.3 is 4.43 Å². The Morgan fingerprint density at radius 2 is 2.00 bits per heavy atom. The van der Waals surface area contributed by atoms with Crippen LogP contribution in [0.2, 0.25) is 0 Å². The van der Waals surface area contributed by atoms with Crippen LogP contribution in [-0.2, 0) is 0 Å². The first kappa shape index (κ1) is 7.37. The summed E-state index contributed by atoms with van der Waals surface area (Å²) in [5, 5.41) is 0. The van der Waals surface area contributed by atoms with Crippen LogP contribution in [-0.4, -0.2) is 9.76 Å². The fraction of sp³-hybridized carbons (Fsp3) is 0. The van der Waals surface area contributed by atoms with Crippen molar-refractivity contribution in [2.75, 3.05) is 0 Å². The smallest absolute Gasteiger partial charge is 0.343 e. The highest BCUT2D eigenvalue weighted by Gasteiger charge is 1.99. The molecule has 12 heavy (non-hydrogen) atoms. The molecule has 0 amide bonds. The van der Waals surface area contributed by atoms with Crippen LogP contribution in [0.5, 0.6) is 5.75 Å². The van der Waals surface area contributed by atoms with Crippen molar-refractivity contribution in [3.63, 3.8) is 0 Å². The van der Waals surface area contributed by atoms with Gasteiger partial charge in [0.1, 0.15) is 5.75 Å². The Morgan fingerprint density at radius 3 is 3.00 bits per heavy atom. The third kappa shape index (κ3) is 1.48. The summed E-state index contributed by atoms with van der Waals surface area (Å²) in [5.41, 5.74) is 3.17. The molecular formula is C10H8OSi. The first-order valence-electron chi connectivity index (χ1n) is 3.81. The van der Waals surface area contributed by atoms with Crippen molar-refractivity contribution in [3.8, 4) is 5.75 Å². The summed E-state index contributed by atoms with van der Waals surface area (Å²) in [6.07, 6.45) is 6.10. The van der Waals surface area contributed by atoms with Crippen molar-refractivity contribution in [3.05, 3.63) is 47.7 Å². The van der Waals surface area contributed by atoms with Gasteiger partial charge in [0.25, 0.3) is 0 Å². The van der Waals surface area contributed by atoms with Gasteiger partial charge in [0.2, 0.25) is 0 Å². The SMILES string of the molecule is C1=C[Si]Oc2ccccc2C=C1. The minimum absolute atomic E-state index is 0.426. The van der Waals surface area contributed by atoms with E-state index in [4.69, 9.17) is 4.43 Å². The van der Waals surface area contributed by atoms with Crippen molar-refractivity contribution < 1.29 is 4.43 Å². The van der Waals surface area contributed by atoms with Crippen molar-refractivity contribution >= 4 is 15.8 Å². The standard InChI is InChI=1S/C10H8OSi/c1-2-7-10-9(5-1)6-3-4-8-12-11-10/h1-8H. The largest absolute Gasteiger partial charge is 0.536 e. The predicted octanol–water partition coefficient (Wildman–Crippen LogP) is 2.23. The normalized spacial score (nSPS) is 14.3. The summed E-state index contributed by atoms with van der Waals surface area (Å²) in [4.78, 5) is 0. The van der Waals surface area contributed by atoms with E-state index >= 15 is 0 Å². The molecule has 1 aromatic carbocycles. The highest BCUT2D eigenvalue weighted by molar-refractivity contribution is 6.35. The topological polar surface area (TPSA) is 9.23 Å². The maximum absolute atomic E-state index is 5.52. The Labute approximate surface area is 74.3 Å². The Hall–Kier alpha value is -1.28. The number of para-hydroxylation sites is 1. The molecule has 0 fully saturated rings. The van der Waals surface area contributed by atoms with Gasteiger partial charge in [0.15, 0.2) is 0 Å². The maximum atomic E-state index is 5.52. The molecule has 2 heteroatoms. The van der Waals surface area contributed by atoms with Crippen LogP contribution in [0.3, 0.4) is 0 Å². The zero-order chi connectivity index (χ0) is 8.23. The zero-order valence-corrected chi connectivity index (χ0v) is 7.53. The molecule has 0 aromatic heterocycles. The molecule has 58 valence electrons. The summed E-state index contributed by atoms with van der Waals surface area (Å²) in [6, 6.07) is 8.05. The number of fused-ring (bicyclic) bond motifs is 1. The minimum atomic E-state index is 0.426. The highest BCUT2D eigenvalue weighted by Crippen LogP contribution is 2.19. The first-order chi connectivity index (χ1) is 5.97. The van der Waals surface area contributed by atoms with Gasteiger partial charge in [-0.15, -0.1) is 0 Å². The number of benzene rings is 1. The lowest BCUT2D eigenvalue weighted by Gasteiger charge is -2.07. The maximum Gasteiger partial charge on any atom is 0.343 e. The third-order valence-corrected chi connectivity index (χ3v) is 2.31. The van der Waals surface area contributed by atoms with Gasteiger partial charge in [-0.05, 0) is 6.07 Å². The van der Waals surface area contributed by atoms with Gasteiger partial charge in [-0.3, -0.25) is 0 Å². The molecule has 1 nitrogen and oxygen atoms in total. The van der Waals surface area contributed by atoms with Crippen molar-refractivity contribution in [2.24, 2.45) is 0 Å².